The Morgan fingerprint density at radius 3 is 2.05 bits per heavy atom. The number of carbonyl (C=O) groups is 1. The molecule has 0 aliphatic carbocycles. The molecule has 19 heavy (non-hydrogen) atoms. The number of anilines is 1. The van der Waals surface area contributed by atoms with Crippen molar-refractivity contribution in [3.05, 3.63) is 54.1 Å². The summed E-state index contributed by atoms with van der Waals surface area (Å²) in [5.74, 6) is 1.30. The Kier molecular flexibility index (Phi) is 4.03. The van der Waals surface area contributed by atoms with Gasteiger partial charge in [-0.05, 0) is 43.3 Å². The van der Waals surface area contributed by atoms with Crippen molar-refractivity contribution < 1.29 is 14.4 Å². The lowest BCUT2D eigenvalue weighted by Crippen LogP contribution is -2.25. The van der Waals surface area contributed by atoms with Crippen LogP contribution in [0.4, 0.5) is 5.69 Å². The van der Waals surface area contributed by atoms with Gasteiger partial charge in [0.15, 0.2) is 5.75 Å². The first-order chi connectivity index (χ1) is 9.22. The fourth-order valence-corrected chi connectivity index (χ4v) is 1.58. The largest absolute Gasteiger partial charge is 0.497 e. The van der Waals surface area contributed by atoms with Crippen molar-refractivity contribution in [2.24, 2.45) is 0 Å². The third-order valence-corrected chi connectivity index (χ3v) is 2.65. The van der Waals surface area contributed by atoms with Crippen molar-refractivity contribution in [2.75, 3.05) is 12.2 Å². The topological polar surface area (TPSA) is 38.8 Å². The fraction of sp³-hybridized carbons (Fsp3) is 0.133. The van der Waals surface area contributed by atoms with Gasteiger partial charge in [-0.1, -0.05) is 17.7 Å². The normalized spacial score (nSPS) is 9.79. The van der Waals surface area contributed by atoms with Gasteiger partial charge in [-0.3, -0.25) is 4.79 Å². The molecule has 4 heteroatoms. The monoisotopic (exact) mass is 257 g/mol. The van der Waals surface area contributed by atoms with Gasteiger partial charge in [-0.2, -0.15) is 0 Å². The Morgan fingerprint density at radius 2 is 1.53 bits per heavy atom. The molecule has 0 saturated heterocycles. The van der Waals surface area contributed by atoms with Crippen LogP contribution in [0.15, 0.2) is 48.5 Å². The fourth-order valence-electron chi connectivity index (χ4n) is 1.58. The smallest absolute Gasteiger partial charge is 0.247 e. The van der Waals surface area contributed by atoms with Crippen molar-refractivity contribution in [1.82, 2.24) is 0 Å². The van der Waals surface area contributed by atoms with Gasteiger partial charge in [0.1, 0.15) is 5.75 Å². The Balaban J connectivity index is 2.14. The number of aryl methyl sites for hydroxylation is 1. The maximum absolute atomic E-state index is 11.1. The molecule has 0 radical (unpaired) electrons. The molecule has 0 fully saturated rings. The number of rotatable bonds is 5. The summed E-state index contributed by atoms with van der Waals surface area (Å²) in [5.41, 5.74) is 1.80. The van der Waals surface area contributed by atoms with Gasteiger partial charge in [0.25, 0.3) is 0 Å². The number of methoxy groups -OCH3 is 1. The van der Waals surface area contributed by atoms with Crippen molar-refractivity contribution in [3.8, 4) is 11.5 Å². The number of carbonyl (C=O) groups excluding carboxylic acids is 1. The molecule has 0 atom stereocenters. The Hall–Kier alpha value is -2.49. The number of nitrogens with zero attached hydrogens (tertiary/aromatic N) is 1. The van der Waals surface area contributed by atoms with Crippen LogP contribution in [-0.2, 0) is 4.79 Å². The van der Waals surface area contributed by atoms with Crippen LogP contribution < -0.4 is 14.6 Å². The van der Waals surface area contributed by atoms with Gasteiger partial charge in [-0.15, -0.1) is 5.06 Å². The molecule has 0 aliphatic heterocycles. The second kappa shape index (κ2) is 5.91. The molecule has 0 bridgehead atoms. The molecule has 2 aromatic carbocycles. The van der Waals surface area contributed by atoms with Crippen molar-refractivity contribution in [2.45, 2.75) is 6.92 Å². The van der Waals surface area contributed by atoms with Crippen LogP contribution in [0.25, 0.3) is 0 Å². The minimum atomic E-state index is 0.563. The lowest BCUT2D eigenvalue weighted by Gasteiger charge is -2.17. The van der Waals surface area contributed by atoms with Gasteiger partial charge < -0.3 is 9.57 Å². The van der Waals surface area contributed by atoms with E-state index in [0.717, 1.165) is 11.3 Å². The van der Waals surface area contributed by atoms with Crippen LogP contribution in [0.5, 0.6) is 11.5 Å². The van der Waals surface area contributed by atoms with E-state index < -0.39 is 0 Å². The molecule has 2 aromatic rings. The highest BCUT2D eigenvalue weighted by Crippen LogP contribution is 2.20. The van der Waals surface area contributed by atoms with Crippen molar-refractivity contribution in [1.29, 1.82) is 0 Å². The quantitative estimate of drug-likeness (QED) is 0.610. The lowest BCUT2D eigenvalue weighted by molar-refractivity contribution is -0.111. The first-order valence-corrected chi connectivity index (χ1v) is 5.86. The Labute approximate surface area is 112 Å². The van der Waals surface area contributed by atoms with E-state index in [4.69, 9.17) is 9.57 Å². The molecule has 0 unspecified atom stereocenters. The van der Waals surface area contributed by atoms with Crippen molar-refractivity contribution >= 4 is 12.1 Å². The van der Waals surface area contributed by atoms with E-state index in [1.165, 1.54) is 5.06 Å². The van der Waals surface area contributed by atoms with E-state index in [1.54, 1.807) is 31.4 Å². The summed E-state index contributed by atoms with van der Waals surface area (Å²) in [4.78, 5) is 16.6. The predicted molar refractivity (Wildman–Crippen MR) is 73.3 cm³/mol. The summed E-state index contributed by atoms with van der Waals surface area (Å²) in [6.07, 6.45) is 0.634. The summed E-state index contributed by atoms with van der Waals surface area (Å²) in [6.45, 7) is 1.99. The Bertz CT molecular complexity index is 534. The number of hydrogen-bond acceptors (Lipinski definition) is 3. The maximum Gasteiger partial charge on any atom is 0.247 e. The molecule has 0 aliphatic rings. The minimum Gasteiger partial charge on any atom is -0.497 e. The van der Waals surface area contributed by atoms with E-state index in [-0.39, 0.29) is 0 Å². The highest BCUT2D eigenvalue weighted by atomic mass is 16.7. The number of benzene rings is 2. The third-order valence-electron chi connectivity index (χ3n) is 2.65. The minimum absolute atomic E-state index is 0.563. The molecular formula is C15H15NO3. The van der Waals surface area contributed by atoms with E-state index in [9.17, 15) is 4.79 Å². The molecule has 2 rings (SSSR count). The summed E-state index contributed by atoms with van der Waals surface area (Å²) in [6, 6.07) is 14.5. The zero-order valence-electron chi connectivity index (χ0n) is 10.9. The van der Waals surface area contributed by atoms with E-state index in [0.29, 0.717) is 17.8 Å². The van der Waals surface area contributed by atoms with Crippen LogP contribution in [0, 0.1) is 6.92 Å². The van der Waals surface area contributed by atoms with E-state index in [2.05, 4.69) is 0 Å². The zero-order valence-corrected chi connectivity index (χ0v) is 10.9. The standard InChI is InChI=1S/C15H15NO3/c1-12-3-5-13(6-4-12)16(11-17)19-15-9-7-14(18-2)8-10-15/h3-11H,1-2H3. The molecule has 0 aromatic heterocycles. The van der Waals surface area contributed by atoms with Gasteiger partial charge in [0, 0.05) is 0 Å². The molecule has 0 heterocycles. The summed E-state index contributed by atoms with van der Waals surface area (Å²) < 4.78 is 5.06. The van der Waals surface area contributed by atoms with Crippen LogP contribution in [-0.4, -0.2) is 13.5 Å². The molecular weight excluding hydrogens is 242 g/mol. The predicted octanol–water partition coefficient (Wildman–Crippen LogP) is 2.96. The third kappa shape index (κ3) is 3.25. The molecule has 4 nitrogen and oxygen atoms in total. The second-order valence-corrected chi connectivity index (χ2v) is 4.03. The van der Waals surface area contributed by atoms with Crippen LogP contribution >= 0.6 is 0 Å². The molecule has 98 valence electrons. The first kappa shape index (κ1) is 13.0. The molecule has 0 N–H and O–H groups in total. The van der Waals surface area contributed by atoms with Gasteiger partial charge in [0.2, 0.25) is 6.41 Å². The number of hydroxylamine groups is 1. The number of amides is 1. The number of ether oxygens (including phenoxy) is 1. The lowest BCUT2D eigenvalue weighted by atomic mass is 10.2. The second-order valence-electron chi connectivity index (χ2n) is 4.03. The van der Waals surface area contributed by atoms with Crippen LogP contribution in [0.1, 0.15) is 5.56 Å². The summed E-state index contributed by atoms with van der Waals surface area (Å²) in [5, 5.41) is 1.18. The molecule has 0 saturated carbocycles. The van der Waals surface area contributed by atoms with E-state index >= 15 is 0 Å². The first-order valence-electron chi connectivity index (χ1n) is 5.86. The molecule has 1 amide bonds. The molecule has 0 spiro atoms. The highest BCUT2D eigenvalue weighted by molar-refractivity contribution is 5.72. The highest BCUT2D eigenvalue weighted by Gasteiger charge is 2.07. The van der Waals surface area contributed by atoms with E-state index in [1.807, 2.05) is 31.2 Å². The summed E-state index contributed by atoms with van der Waals surface area (Å²) in [7, 11) is 1.60. The Morgan fingerprint density at radius 1 is 0.947 bits per heavy atom. The van der Waals surface area contributed by atoms with Crippen LogP contribution in [0.3, 0.4) is 0 Å². The SMILES string of the molecule is COc1ccc(ON(C=O)c2ccc(C)cc2)cc1. The van der Waals surface area contributed by atoms with Gasteiger partial charge >= 0.3 is 0 Å². The van der Waals surface area contributed by atoms with Gasteiger partial charge in [-0.25, -0.2) is 0 Å². The van der Waals surface area contributed by atoms with Gasteiger partial charge in [0.05, 0.1) is 12.8 Å². The average Bonchev–Trinajstić information content (AvgIpc) is 2.46. The average molecular weight is 257 g/mol. The van der Waals surface area contributed by atoms with Crippen molar-refractivity contribution in [3.63, 3.8) is 0 Å². The zero-order chi connectivity index (χ0) is 13.7. The number of hydrogen-bond donors (Lipinski definition) is 0. The maximum atomic E-state index is 11.1. The van der Waals surface area contributed by atoms with Crippen LogP contribution in [0.2, 0.25) is 0 Å². The summed E-state index contributed by atoms with van der Waals surface area (Å²) >= 11 is 0.